The van der Waals surface area contributed by atoms with Gasteiger partial charge in [0.2, 0.25) is 0 Å². The van der Waals surface area contributed by atoms with E-state index in [1.54, 1.807) is 6.07 Å². The normalized spacial score (nSPS) is 10.6. The van der Waals surface area contributed by atoms with Crippen molar-refractivity contribution in [3.8, 4) is 0 Å². The van der Waals surface area contributed by atoms with Gasteiger partial charge in [0, 0.05) is 6.07 Å². The lowest BCUT2D eigenvalue weighted by atomic mass is 10.6. The van der Waals surface area contributed by atoms with E-state index in [1.807, 2.05) is 0 Å². The van der Waals surface area contributed by atoms with Crippen LogP contribution < -0.4 is 5.69 Å². The van der Waals surface area contributed by atoms with Crippen molar-refractivity contribution in [1.29, 1.82) is 0 Å². The van der Waals surface area contributed by atoms with Gasteiger partial charge < -0.3 is 0 Å². The van der Waals surface area contributed by atoms with E-state index in [2.05, 4.69) is 31.1 Å². The van der Waals surface area contributed by atoms with Crippen LogP contribution in [-0.2, 0) is 0 Å². The van der Waals surface area contributed by atoms with Crippen LogP contribution in [0.25, 0.3) is 5.65 Å². The molecule has 2 heterocycles. The molecule has 11 heavy (non-hydrogen) atoms. The minimum Gasteiger partial charge on any atom is -0.246 e. The van der Waals surface area contributed by atoms with E-state index in [1.165, 1.54) is 10.7 Å². The van der Waals surface area contributed by atoms with Crippen molar-refractivity contribution in [2.24, 2.45) is 0 Å². The summed E-state index contributed by atoms with van der Waals surface area (Å²) in [5.74, 6) is 0. The second-order valence-electron chi connectivity index (χ2n) is 1.97. The van der Waals surface area contributed by atoms with E-state index in [-0.39, 0.29) is 5.69 Å². The Hall–Kier alpha value is -1.17. The average molecular weight is 215 g/mol. The summed E-state index contributed by atoms with van der Waals surface area (Å²) in [6.45, 7) is 0. The van der Waals surface area contributed by atoms with Gasteiger partial charge in [-0.2, -0.15) is 5.10 Å². The van der Waals surface area contributed by atoms with Gasteiger partial charge in [0.25, 0.3) is 0 Å². The molecule has 0 radical (unpaired) electrons. The van der Waals surface area contributed by atoms with Crippen molar-refractivity contribution < 1.29 is 0 Å². The largest absolute Gasteiger partial charge is 0.348 e. The summed E-state index contributed by atoms with van der Waals surface area (Å²) in [5.41, 5.74) is 0.275. The predicted molar refractivity (Wildman–Crippen MR) is 41.3 cm³/mol. The molecule has 0 atom stereocenters. The minimum atomic E-state index is -0.278. The Balaban J connectivity index is 2.97. The number of hydrogen-bond donors (Lipinski definition) is 1. The molecule has 6 heteroatoms. The third-order valence-corrected chi connectivity index (χ3v) is 1.71. The summed E-state index contributed by atoms with van der Waals surface area (Å²) in [7, 11) is 0. The average Bonchev–Trinajstić information content (AvgIpc) is 2.32. The third-order valence-electron chi connectivity index (χ3n) is 1.28. The van der Waals surface area contributed by atoms with Gasteiger partial charge in [0.1, 0.15) is 10.9 Å². The zero-order chi connectivity index (χ0) is 7.84. The van der Waals surface area contributed by atoms with Gasteiger partial charge in [-0.25, -0.2) is 19.3 Å². The summed E-state index contributed by atoms with van der Waals surface area (Å²) < 4.78 is 1.98. The fraction of sp³-hybridized carbons (Fsp3) is 0. The highest BCUT2D eigenvalue weighted by atomic mass is 79.9. The second kappa shape index (κ2) is 2.16. The molecule has 2 aromatic heterocycles. The number of aromatic nitrogens is 4. The fourth-order valence-electron chi connectivity index (χ4n) is 0.787. The Morgan fingerprint density at radius 3 is 3.27 bits per heavy atom. The number of halogens is 1. The van der Waals surface area contributed by atoms with Crippen molar-refractivity contribution in [2.45, 2.75) is 0 Å². The quantitative estimate of drug-likeness (QED) is 0.637. The molecular weight excluding hydrogens is 212 g/mol. The van der Waals surface area contributed by atoms with Gasteiger partial charge in [0.15, 0.2) is 5.65 Å². The molecule has 1 N–H and O–H groups in total. The van der Waals surface area contributed by atoms with Crippen LogP contribution in [0.4, 0.5) is 0 Å². The van der Waals surface area contributed by atoms with E-state index in [9.17, 15) is 4.79 Å². The molecular formula is C5H3BrN4O. The maximum atomic E-state index is 10.9. The topological polar surface area (TPSA) is 63.0 Å². The third kappa shape index (κ3) is 0.949. The van der Waals surface area contributed by atoms with Crippen molar-refractivity contribution in [1.82, 2.24) is 19.6 Å². The number of fused-ring (bicyclic) bond motifs is 1. The maximum absolute atomic E-state index is 10.9. The van der Waals surface area contributed by atoms with Crippen LogP contribution in [0.1, 0.15) is 0 Å². The molecule has 0 bridgehead atoms. The van der Waals surface area contributed by atoms with E-state index in [0.717, 1.165) is 0 Å². The van der Waals surface area contributed by atoms with Crippen LogP contribution in [-0.4, -0.2) is 19.6 Å². The Bertz CT molecular complexity index is 445. The highest BCUT2D eigenvalue weighted by Crippen LogP contribution is 2.04. The number of nitrogens with zero attached hydrogens (tertiary/aromatic N) is 3. The van der Waals surface area contributed by atoms with Gasteiger partial charge >= 0.3 is 5.69 Å². The lowest BCUT2D eigenvalue weighted by Crippen LogP contribution is -2.08. The van der Waals surface area contributed by atoms with Crippen LogP contribution in [0, 0.1) is 0 Å². The predicted octanol–water partition coefficient (Wildman–Crippen LogP) is 0.180. The first-order valence-electron chi connectivity index (χ1n) is 2.85. The molecule has 0 aromatic carbocycles. The van der Waals surface area contributed by atoms with Gasteiger partial charge in [-0.05, 0) is 15.9 Å². The maximum Gasteiger partial charge on any atom is 0.348 e. The molecule has 2 rings (SSSR count). The molecule has 0 spiro atoms. The number of nitrogens with one attached hydrogen (secondary N) is 1. The Kier molecular flexibility index (Phi) is 1.28. The molecule has 0 fully saturated rings. The van der Waals surface area contributed by atoms with Crippen LogP contribution in [0.5, 0.6) is 0 Å². The van der Waals surface area contributed by atoms with E-state index >= 15 is 0 Å². The molecule has 0 amide bonds. The molecule has 56 valence electrons. The molecule has 5 nitrogen and oxygen atoms in total. The van der Waals surface area contributed by atoms with Gasteiger partial charge in [0.05, 0.1) is 0 Å². The van der Waals surface area contributed by atoms with Gasteiger partial charge in [-0.15, -0.1) is 0 Å². The van der Waals surface area contributed by atoms with Crippen LogP contribution in [0.15, 0.2) is 21.8 Å². The van der Waals surface area contributed by atoms with Crippen LogP contribution in [0.2, 0.25) is 0 Å². The Labute approximate surface area is 69.2 Å². The molecule has 0 aliphatic rings. The molecule has 0 aliphatic heterocycles. The monoisotopic (exact) mass is 214 g/mol. The number of hydrogen-bond acceptors (Lipinski definition) is 3. The van der Waals surface area contributed by atoms with Gasteiger partial charge in [-0.1, -0.05) is 0 Å². The Morgan fingerprint density at radius 1 is 1.64 bits per heavy atom. The van der Waals surface area contributed by atoms with Gasteiger partial charge in [-0.3, -0.25) is 0 Å². The molecule has 0 saturated carbocycles. The lowest BCUT2D eigenvalue weighted by Gasteiger charge is -1.88. The SMILES string of the molecule is O=c1[nH]nc2cc(Br)ncn12. The van der Waals surface area contributed by atoms with Crippen LogP contribution in [0.3, 0.4) is 0 Å². The van der Waals surface area contributed by atoms with E-state index in [0.29, 0.717) is 10.3 Å². The number of H-pyrrole nitrogens is 1. The van der Waals surface area contributed by atoms with Crippen molar-refractivity contribution in [3.05, 3.63) is 27.5 Å². The van der Waals surface area contributed by atoms with Crippen molar-refractivity contribution >= 4 is 21.6 Å². The molecule has 0 saturated heterocycles. The first-order valence-corrected chi connectivity index (χ1v) is 3.65. The summed E-state index contributed by atoms with van der Waals surface area (Å²) in [5, 5.41) is 6.03. The highest BCUT2D eigenvalue weighted by molar-refractivity contribution is 9.10. The molecule has 2 aromatic rings. The van der Waals surface area contributed by atoms with Crippen molar-refractivity contribution in [2.75, 3.05) is 0 Å². The zero-order valence-corrected chi connectivity index (χ0v) is 6.87. The number of rotatable bonds is 0. The summed E-state index contributed by atoms with van der Waals surface area (Å²) in [6.07, 6.45) is 1.41. The molecule has 0 unspecified atom stereocenters. The van der Waals surface area contributed by atoms with E-state index < -0.39 is 0 Å². The minimum absolute atomic E-state index is 0.278. The first-order chi connectivity index (χ1) is 5.27. The zero-order valence-electron chi connectivity index (χ0n) is 5.28. The smallest absolute Gasteiger partial charge is 0.246 e. The van der Waals surface area contributed by atoms with Crippen molar-refractivity contribution in [3.63, 3.8) is 0 Å². The Morgan fingerprint density at radius 2 is 2.45 bits per heavy atom. The summed E-state index contributed by atoms with van der Waals surface area (Å²) in [4.78, 5) is 14.7. The van der Waals surface area contributed by atoms with E-state index in [4.69, 9.17) is 0 Å². The number of aromatic amines is 1. The lowest BCUT2D eigenvalue weighted by molar-refractivity contribution is 0.991. The summed E-state index contributed by atoms with van der Waals surface area (Å²) >= 11 is 3.16. The highest BCUT2D eigenvalue weighted by Gasteiger charge is 1.98. The fourth-order valence-corrected chi connectivity index (χ4v) is 1.08. The second-order valence-corrected chi connectivity index (χ2v) is 2.78. The molecule has 0 aliphatic carbocycles. The standard InChI is InChI=1S/C5H3BrN4O/c6-3-1-4-8-9-5(11)10(4)2-7-3/h1-2H,(H,9,11). The first kappa shape index (κ1) is 6.53. The van der Waals surface area contributed by atoms with Crippen LogP contribution >= 0.6 is 15.9 Å². The summed E-state index contributed by atoms with van der Waals surface area (Å²) in [6, 6.07) is 1.65.